The molecular formula is C23H28N2O3. The first-order valence-corrected chi connectivity index (χ1v) is 10.3. The predicted octanol–water partition coefficient (Wildman–Crippen LogP) is 4.08. The maximum atomic E-state index is 13.3. The van der Waals surface area contributed by atoms with Gasteiger partial charge in [0.2, 0.25) is 0 Å². The number of Topliss-reactive ketones (excluding diaryl/α,β-unsaturated/α-hetero) is 1. The monoisotopic (exact) mass is 380 g/mol. The molecule has 148 valence electrons. The maximum Gasteiger partial charge on any atom is 0.256 e. The van der Waals surface area contributed by atoms with Crippen LogP contribution < -0.4 is 4.74 Å². The zero-order valence-corrected chi connectivity index (χ0v) is 16.7. The number of rotatable bonds is 4. The van der Waals surface area contributed by atoms with Crippen molar-refractivity contribution < 1.29 is 14.3 Å². The van der Waals surface area contributed by atoms with Crippen molar-refractivity contribution in [3.05, 3.63) is 52.3 Å². The van der Waals surface area contributed by atoms with Crippen LogP contribution >= 0.6 is 0 Å². The van der Waals surface area contributed by atoms with Gasteiger partial charge in [0.15, 0.2) is 5.78 Å². The van der Waals surface area contributed by atoms with Crippen LogP contribution in [0.3, 0.4) is 0 Å². The Balaban J connectivity index is 1.45. The van der Waals surface area contributed by atoms with Crippen LogP contribution in [-0.2, 0) is 6.42 Å². The minimum Gasteiger partial charge on any atom is -0.493 e. The molecule has 2 heterocycles. The van der Waals surface area contributed by atoms with Gasteiger partial charge in [0.1, 0.15) is 5.75 Å². The molecule has 1 saturated heterocycles. The molecule has 1 atom stereocenters. The molecule has 2 aromatic rings. The lowest BCUT2D eigenvalue weighted by molar-refractivity contribution is 0.0629. The topological polar surface area (TPSA) is 62.4 Å². The van der Waals surface area contributed by atoms with E-state index in [1.165, 1.54) is 5.56 Å². The van der Waals surface area contributed by atoms with Crippen LogP contribution in [0.1, 0.15) is 63.4 Å². The third-order valence-electron chi connectivity index (χ3n) is 5.87. The molecule has 1 amide bonds. The lowest BCUT2D eigenvalue weighted by atomic mass is 9.92. The van der Waals surface area contributed by atoms with Gasteiger partial charge in [-0.25, -0.2) is 0 Å². The number of aryl methyl sites for hydroxylation is 3. The molecule has 0 unspecified atom stereocenters. The van der Waals surface area contributed by atoms with Crippen molar-refractivity contribution in [1.82, 2.24) is 9.88 Å². The van der Waals surface area contributed by atoms with Gasteiger partial charge < -0.3 is 14.6 Å². The number of ether oxygens (including phenoxy) is 1. The predicted molar refractivity (Wildman–Crippen MR) is 108 cm³/mol. The van der Waals surface area contributed by atoms with E-state index in [0.29, 0.717) is 36.6 Å². The smallest absolute Gasteiger partial charge is 0.256 e. The largest absolute Gasteiger partial charge is 0.493 e. The highest BCUT2D eigenvalue weighted by molar-refractivity contribution is 6.10. The molecule has 0 radical (unpaired) electrons. The van der Waals surface area contributed by atoms with Crippen LogP contribution in [0.2, 0.25) is 0 Å². The Hall–Kier alpha value is -2.56. The normalized spacial score (nSPS) is 19.4. The summed E-state index contributed by atoms with van der Waals surface area (Å²) in [5, 5.41) is 0. The summed E-state index contributed by atoms with van der Waals surface area (Å²) in [6.45, 7) is 5.98. The van der Waals surface area contributed by atoms with Crippen LogP contribution in [0, 0.1) is 19.8 Å². The van der Waals surface area contributed by atoms with Crippen molar-refractivity contribution in [2.24, 2.45) is 5.92 Å². The Morgan fingerprint density at radius 3 is 2.93 bits per heavy atom. The van der Waals surface area contributed by atoms with Crippen LogP contribution in [0.5, 0.6) is 5.75 Å². The number of amides is 1. The summed E-state index contributed by atoms with van der Waals surface area (Å²) in [5.74, 6) is 1.28. The number of likely N-dealkylation sites (tertiary alicyclic amines) is 1. The third kappa shape index (κ3) is 3.71. The number of ketones is 1. The van der Waals surface area contributed by atoms with Crippen molar-refractivity contribution in [3.8, 4) is 5.75 Å². The molecule has 4 rings (SSSR count). The highest BCUT2D eigenvalue weighted by Crippen LogP contribution is 2.29. The minimum atomic E-state index is -0.00879. The van der Waals surface area contributed by atoms with Gasteiger partial charge in [-0.15, -0.1) is 0 Å². The van der Waals surface area contributed by atoms with Crippen molar-refractivity contribution >= 4 is 11.7 Å². The summed E-state index contributed by atoms with van der Waals surface area (Å²) < 4.78 is 5.98. The molecule has 1 aromatic carbocycles. The summed E-state index contributed by atoms with van der Waals surface area (Å²) in [5.41, 5.74) is 4.18. The van der Waals surface area contributed by atoms with Crippen LogP contribution in [0.15, 0.2) is 24.3 Å². The average molecular weight is 380 g/mol. The summed E-state index contributed by atoms with van der Waals surface area (Å²) in [7, 11) is 0. The maximum absolute atomic E-state index is 13.3. The van der Waals surface area contributed by atoms with Crippen molar-refractivity contribution in [1.29, 1.82) is 0 Å². The molecule has 1 aliphatic carbocycles. The van der Waals surface area contributed by atoms with E-state index in [4.69, 9.17) is 4.74 Å². The number of aromatic nitrogens is 1. The van der Waals surface area contributed by atoms with Gasteiger partial charge in [0, 0.05) is 36.8 Å². The molecule has 0 saturated carbocycles. The number of piperidine rings is 1. The van der Waals surface area contributed by atoms with Gasteiger partial charge in [-0.3, -0.25) is 9.59 Å². The fraction of sp³-hybridized carbons (Fsp3) is 0.478. The Morgan fingerprint density at radius 1 is 1.25 bits per heavy atom. The second kappa shape index (κ2) is 7.82. The van der Waals surface area contributed by atoms with Crippen LogP contribution in [0.4, 0.5) is 0 Å². The van der Waals surface area contributed by atoms with E-state index in [-0.39, 0.29) is 11.7 Å². The minimum absolute atomic E-state index is 0.00879. The summed E-state index contributed by atoms with van der Waals surface area (Å²) in [6.07, 6.45) is 4.27. The zero-order chi connectivity index (χ0) is 19.7. The first kappa shape index (κ1) is 18.8. The lowest BCUT2D eigenvalue weighted by Gasteiger charge is -2.33. The van der Waals surface area contributed by atoms with E-state index >= 15 is 0 Å². The molecule has 5 heteroatoms. The highest BCUT2D eigenvalue weighted by atomic mass is 16.5. The van der Waals surface area contributed by atoms with E-state index in [1.54, 1.807) is 0 Å². The average Bonchev–Trinajstić information content (AvgIpc) is 3.03. The number of fused-ring (bicyclic) bond motifs is 1. The summed E-state index contributed by atoms with van der Waals surface area (Å²) >= 11 is 0. The quantitative estimate of drug-likeness (QED) is 0.869. The standard InChI is InChI=1S/C23H28N2O3/c1-15-6-3-8-18(12-15)28-14-17-7-5-11-25(13-17)23(27)21-16(2)24-19-9-4-10-20(26)22(19)21/h3,6,8,12,17,24H,4-5,7,9-11,13-14H2,1-2H3/t17-/m1/s1. The van der Waals surface area contributed by atoms with E-state index in [1.807, 2.05) is 30.0 Å². The van der Waals surface area contributed by atoms with Gasteiger partial charge in [0.05, 0.1) is 17.7 Å². The Morgan fingerprint density at radius 2 is 2.11 bits per heavy atom. The molecule has 1 aliphatic heterocycles. The molecule has 1 fully saturated rings. The molecular weight excluding hydrogens is 352 g/mol. The number of nitrogens with zero attached hydrogens (tertiary/aromatic N) is 1. The molecule has 0 spiro atoms. The molecule has 1 N–H and O–H groups in total. The molecule has 0 bridgehead atoms. The van der Waals surface area contributed by atoms with Crippen molar-refractivity contribution in [2.75, 3.05) is 19.7 Å². The third-order valence-corrected chi connectivity index (χ3v) is 5.87. The van der Waals surface area contributed by atoms with Gasteiger partial charge in [0.25, 0.3) is 5.91 Å². The fourth-order valence-electron chi connectivity index (χ4n) is 4.47. The number of H-pyrrole nitrogens is 1. The van der Waals surface area contributed by atoms with Gasteiger partial charge in [-0.1, -0.05) is 12.1 Å². The number of benzene rings is 1. The number of hydrogen-bond acceptors (Lipinski definition) is 3. The first-order valence-electron chi connectivity index (χ1n) is 10.3. The van der Waals surface area contributed by atoms with E-state index in [2.05, 4.69) is 18.0 Å². The first-order chi connectivity index (χ1) is 13.5. The Kier molecular flexibility index (Phi) is 5.25. The van der Waals surface area contributed by atoms with Crippen LogP contribution in [-0.4, -0.2) is 41.3 Å². The zero-order valence-electron chi connectivity index (χ0n) is 16.7. The molecule has 28 heavy (non-hydrogen) atoms. The molecule has 2 aliphatic rings. The number of nitrogens with one attached hydrogen (secondary N) is 1. The number of carbonyl (C=O) groups excluding carboxylic acids is 2. The van der Waals surface area contributed by atoms with Gasteiger partial charge in [-0.05, 0) is 57.2 Å². The molecule has 5 nitrogen and oxygen atoms in total. The number of aromatic amines is 1. The fourth-order valence-corrected chi connectivity index (χ4v) is 4.47. The van der Waals surface area contributed by atoms with Gasteiger partial charge in [-0.2, -0.15) is 0 Å². The highest BCUT2D eigenvalue weighted by Gasteiger charge is 2.32. The lowest BCUT2D eigenvalue weighted by Crippen LogP contribution is -2.42. The summed E-state index contributed by atoms with van der Waals surface area (Å²) in [6, 6.07) is 8.05. The van der Waals surface area contributed by atoms with Crippen LogP contribution in [0.25, 0.3) is 0 Å². The number of hydrogen-bond donors (Lipinski definition) is 1. The Labute approximate surface area is 166 Å². The van der Waals surface area contributed by atoms with Crippen molar-refractivity contribution in [3.63, 3.8) is 0 Å². The van der Waals surface area contributed by atoms with E-state index in [9.17, 15) is 9.59 Å². The van der Waals surface area contributed by atoms with Crippen molar-refractivity contribution in [2.45, 2.75) is 46.0 Å². The summed E-state index contributed by atoms with van der Waals surface area (Å²) in [4.78, 5) is 30.9. The Bertz CT molecular complexity index is 899. The van der Waals surface area contributed by atoms with E-state index in [0.717, 1.165) is 49.4 Å². The second-order valence-corrected chi connectivity index (χ2v) is 8.14. The van der Waals surface area contributed by atoms with Gasteiger partial charge >= 0.3 is 0 Å². The second-order valence-electron chi connectivity index (χ2n) is 8.14. The van der Waals surface area contributed by atoms with E-state index < -0.39 is 0 Å². The molecule has 1 aromatic heterocycles. The number of carbonyl (C=O) groups is 2. The SMILES string of the molecule is Cc1cccc(OC[C@@H]2CCCN(C(=O)c3c(C)[nH]c4c3C(=O)CCC4)C2)c1.